The Bertz CT molecular complexity index is 162. The summed E-state index contributed by atoms with van der Waals surface area (Å²) in [6, 6.07) is 0.675. The lowest BCUT2D eigenvalue weighted by Gasteiger charge is -2.27. The molecule has 0 heterocycles. The zero-order valence-electron chi connectivity index (χ0n) is 8.51. The van der Waals surface area contributed by atoms with Gasteiger partial charge >= 0.3 is 5.97 Å². The van der Waals surface area contributed by atoms with Crippen LogP contribution in [0.5, 0.6) is 0 Å². The molecule has 0 spiro atoms. The Morgan fingerprint density at radius 3 is 2.46 bits per heavy atom. The number of rotatable bonds is 3. The Kier molecular flexibility index (Phi) is 4.22. The molecule has 0 unspecified atom stereocenters. The molecule has 0 aromatic rings. The first-order valence-electron chi connectivity index (χ1n) is 5.03. The van der Waals surface area contributed by atoms with E-state index < -0.39 is 0 Å². The van der Waals surface area contributed by atoms with Crippen LogP contribution in [-0.2, 0) is 9.53 Å². The molecule has 3 heteroatoms. The second-order valence-corrected chi connectivity index (χ2v) is 3.81. The van der Waals surface area contributed by atoms with Crippen LogP contribution in [0, 0.1) is 5.92 Å². The van der Waals surface area contributed by atoms with Gasteiger partial charge in [-0.1, -0.05) is 0 Å². The SMILES string of the molecule is CNC1CCC(COC(C)=O)CC1. The first kappa shape index (κ1) is 10.5. The van der Waals surface area contributed by atoms with Crippen LogP contribution in [0.4, 0.5) is 0 Å². The second-order valence-electron chi connectivity index (χ2n) is 3.81. The predicted molar refractivity (Wildman–Crippen MR) is 51.4 cm³/mol. The van der Waals surface area contributed by atoms with Crippen LogP contribution in [0.25, 0.3) is 0 Å². The van der Waals surface area contributed by atoms with Crippen molar-refractivity contribution in [3.63, 3.8) is 0 Å². The molecule has 1 fully saturated rings. The molecule has 3 nitrogen and oxygen atoms in total. The summed E-state index contributed by atoms with van der Waals surface area (Å²) in [5, 5.41) is 3.28. The van der Waals surface area contributed by atoms with E-state index in [4.69, 9.17) is 4.74 Å². The highest BCUT2D eigenvalue weighted by atomic mass is 16.5. The monoisotopic (exact) mass is 185 g/mol. The van der Waals surface area contributed by atoms with Gasteiger partial charge in [-0.25, -0.2) is 0 Å². The third kappa shape index (κ3) is 3.77. The molecule has 0 atom stereocenters. The largest absolute Gasteiger partial charge is 0.466 e. The number of esters is 1. The first-order valence-corrected chi connectivity index (χ1v) is 5.03. The molecular formula is C10H19NO2. The van der Waals surface area contributed by atoms with Gasteiger partial charge in [0, 0.05) is 13.0 Å². The molecule has 0 amide bonds. The van der Waals surface area contributed by atoms with E-state index in [1.807, 2.05) is 7.05 Å². The minimum atomic E-state index is -0.157. The van der Waals surface area contributed by atoms with Gasteiger partial charge < -0.3 is 10.1 Å². The van der Waals surface area contributed by atoms with Gasteiger partial charge in [-0.15, -0.1) is 0 Å². The average molecular weight is 185 g/mol. The van der Waals surface area contributed by atoms with E-state index in [0.29, 0.717) is 18.6 Å². The lowest BCUT2D eigenvalue weighted by atomic mass is 9.87. The van der Waals surface area contributed by atoms with Gasteiger partial charge in [0.05, 0.1) is 6.61 Å². The van der Waals surface area contributed by atoms with E-state index in [1.165, 1.54) is 32.6 Å². The Balaban J connectivity index is 2.14. The standard InChI is InChI=1S/C10H19NO2/c1-8(12)13-7-9-3-5-10(11-2)6-4-9/h9-11H,3-7H2,1-2H3. The van der Waals surface area contributed by atoms with Gasteiger partial charge in [0.2, 0.25) is 0 Å². The lowest BCUT2D eigenvalue weighted by Crippen LogP contribution is -2.31. The van der Waals surface area contributed by atoms with Crippen LogP contribution in [0.3, 0.4) is 0 Å². The summed E-state index contributed by atoms with van der Waals surface area (Å²) < 4.78 is 4.99. The maximum absolute atomic E-state index is 10.6. The predicted octanol–water partition coefficient (Wildman–Crippen LogP) is 1.33. The van der Waals surface area contributed by atoms with Gasteiger partial charge in [-0.2, -0.15) is 0 Å². The van der Waals surface area contributed by atoms with Gasteiger partial charge in [0.25, 0.3) is 0 Å². The summed E-state index contributed by atoms with van der Waals surface area (Å²) in [6.07, 6.45) is 4.78. The van der Waals surface area contributed by atoms with E-state index in [1.54, 1.807) is 0 Å². The fourth-order valence-electron chi connectivity index (χ4n) is 1.85. The molecule has 1 N–H and O–H groups in total. The summed E-state index contributed by atoms with van der Waals surface area (Å²) in [5.74, 6) is 0.434. The van der Waals surface area contributed by atoms with Crippen LogP contribution in [0.2, 0.25) is 0 Å². The highest BCUT2D eigenvalue weighted by Gasteiger charge is 2.20. The number of ether oxygens (including phenoxy) is 1. The van der Waals surface area contributed by atoms with E-state index >= 15 is 0 Å². The Morgan fingerprint density at radius 1 is 1.38 bits per heavy atom. The number of carbonyl (C=O) groups is 1. The fraction of sp³-hybridized carbons (Fsp3) is 0.900. The summed E-state index contributed by atoms with van der Waals surface area (Å²) in [6.45, 7) is 2.09. The molecule has 1 rings (SSSR count). The summed E-state index contributed by atoms with van der Waals surface area (Å²) in [4.78, 5) is 10.6. The Hall–Kier alpha value is -0.570. The fourth-order valence-corrected chi connectivity index (χ4v) is 1.85. The molecule has 1 aliphatic carbocycles. The minimum absolute atomic E-state index is 0.157. The van der Waals surface area contributed by atoms with Crippen molar-refractivity contribution in [3.8, 4) is 0 Å². The lowest BCUT2D eigenvalue weighted by molar-refractivity contribution is -0.142. The van der Waals surface area contributed by atoms with E-state index in [-0.39, 0.29) is 5.97 Å². The summed E-state index contributed by atoms with van der Waals surface area (Å²) in [5.41, 5.74) is 0. The first-order chi connectivity index (χ1) is 6.22. The van der Waals surface area contributed by atoms with Gasteiger partial charge in [0.15, 0.2) is 0 Å². The van der Waals surface area contributed by atoms with Crippen molar-refractivity contribution in [3.05, 3.63) is 0 Å². The van der Waals surface area contributed by atoms with E-state index in [9.17, 15) is 4.79 Å². The topological polar surface area (TPSA) is 38.3 Å². The Morgan fingerprint density at radius 2 is 2.00 bits per heavy atom. The minimum Gasteiger partial charge on any atom is -0.466 e. The molecule has 1 saturated carbocycles. The maximum atomic E-state index is 10.6. The van der Waals surface area contributed by atoms with Gasteiger partial charge in [0.1, 0.15) is 0 Å². The number of nitrogens with one attached hydrogen (secondary N) is 1. The zero-order chi connectivity index (χ0) is 9.68. The molecule has 76 valence electrons. The molecule has 0 aromatic heterocycles. The summed E-state index contributed by atoms with van der Waals surface area (Å²) in [7, 11) is 2.01. The maximum Gasteiger partial charge on any atom is 0.302 e. The number of carbonyl (C=O) groups excluding carboxylic acids is 1. The van der Waals surface area contributed by atoms with Crippen molar-refractivity contribution in [2.45, 2.75) is 38.6 Å². The van der Waals surface area contributed by atoms with Crippen LogP contribution in [0.15, 0.2) is 0 Å². The van der Waals surface area contributed by atoms with Crippen LogP contribution >= 0.6 is 0 Å². The molecule has 13 heavy (non-hydrogen) atoms. The third-order valence-corrected chi connectivity index (χ3v) is 2.78. The van der Waals surface area contributed by atoms with Crippen LogP contribution in [0.1, 0.15) is 32.6 Å². The molecule has 0 radical (unpaired) electrons. The van der Waals surface area contributed by atoms with E-state index in [0.717, 1.165) is 0 Å². The van der Waals surface area contributed by atoms with Gasteiger partial charge in [-0.05, 0) is 38.6 Å². The Labute approximate surface area is 79.8 Å². The third-order valence-electron chi connectivity index (χ3n) is 2.78. The molecular weight excluding hydrogens is 166 g/mol. The van der Waals surface area contributed by atoms with Crippen molar-refractivity contribution in [1.29, 1.82) is 0 Å². The number of hydrogen-bond donors (Lipinski definition) is 1. The highest BCUT2D eigenvalue weighted by molar-refractivity contribution is 5.65. The van der Waals surface area contributed by atoms with Gasteiger partial charge in [-0.3, -0.25) is 4.79 Å². The van der Waals surface area contributed by atoms with Crippen molar-refractivity contribution < 1.29 is 9.53 Å². The number of hydrogen-bond acceptors (Lipinski definition) is 3. The van der Waals surface area contributed by atoms with Crippen LogP contribution < -0.4 is 5.32 Å². The second kappa shape index (κ2) is 5.22. The average Bonchev–Trinajstić information content (AvgIpc) is 2.15. The van der Waals surface area contributed by atoms with Crippen molar-refractivity contribution in [2.75, 3.05) is 13.7 Å². The highest BCUT2D eigenvalue weighted by Crippen LogP contribution is 2.24. The molecule has 0 saturated heterocycles. The quantitative estimate of drug-likeness (QED) is 0.674. The smallest absolute Gasteiger partial charge is 0.302 e. The molecule has 0 bridgehead atoms. The van der Waals surface area contributed by atoms with Crippen molar-refractivity contribution in [2.24, 2.45) is 5.92 Å². The normalized spacial score (nSPS) is 28.5. The zero-order valence-corrected chi connectivity index (χ0v) is 8.51. The van der Waals surface area contributed by atoms with Crippen LogP contribution in [-0.4, -0.2) is 25.7 Å². The molecule has 0 aliphatic heterocycles. The van der Waals surface area contributed by atoms with E-state index in [2.05, 4.69) is 5.32 Å². The summed E-state index contributed by atoms with van der Waals surface area (Å²) >= 11 is 0. The van der Waals surface area contributed by atoms with Crippen molar-refractivity contribution in [1.82, 2.24) is 5.32 Å². The molecule has 0 aromatic carbocycles. The van der Waals surface area contributed by atoms with Crippen molar-refractivity contribution >= 4 is 5.97 Å². The molecule has 1 aliphatic rings.